The molecule has 0 amide bonds. The summed E-state index contributed by atoms with van der Waals surface area (Å²) in [4.78, 5) is 0. The molecule has 4 nitrogen and oxygen atoms in total. The van der Waals surface area contributed by atoms with E-state index >= 15 is 0 Å². The van der Waals surface area contributed by atoms with E-state index in [4.69, 9.17) is 17.4 Å². The maximum atomic E-state index is 10.9. The summed E-state index contributed by atoms with van der Waals surface area (Å²) in [6.07, 6.45) is 0. The van der Waals surface area contributed by atoms with Crippen LogP contribution in [0, 0.1) is 0 Å². The van der Waals surface area contributed by atoms with Gasteiger partial charge in [-0.3, -0.25) is 0 Å². The highest BCUT2D eigenvalue weighted by molar-refractivity contribution is 8.23. The molecule has 0 saturated heterocycles. The lowest BCUT2D eigenvalue weighted by atomic mass is 10.2. The molecule has 0 aliphatic carbocycles. The maximum absolute atomic E-state index is 10.9. The number of sulfonamides is 1. The fraction of sp³-hybridized carbons (Fsp3) is 0.300. The number of benzene rings is 1. The quantitative estimate of drug-likeness (QED) is 0.829. The van der Waals surface area contributed by atoms with Crippen LogP contribution >= 0.6 is 24.0 Å². The lowest BCUT2D eigenvalue weighted by Crippen LogP contribution is -2.14. The molecule has 0 fully saturated rings. The number of hydrogen-bond donors (Lipinski definition) is 2. The molecule has 0 aliphatic heterocycles. The van der Waals surface area contributed by atoms with Crippen molar-refractivity contribution in [1.29, 1.82) is 0 Å². The topological polar surface area (TPSA) is 72.2 Å². The van der Waals surface area contributed by atoms with Crippen molar-refractivity contribution in [2.24, 2.45) is 5.14 Å². The Morgan fingerprint density at radius 1 is 1.41 bits per heavy atom. The van der Waals surface area contributed by atoms with Gasteiger partial charge in [-0.05, 0) is 23.4 Å². The molecule has 17 heavy (non-hydrogen) atoms. The molecule has 0 aromatic heterocycles. The predicted octanol–water partition coefficient (Wildman–Crippen LogP) is 1.92. The first-order valence-electron chi connectivity index (χ1n) is 4.94. The number of nitrogens with two attached hydrogens (primary N) is 1. The molecule has 0 spiro atoms. The van der Waals surface area contributed by atoms with Crippen LogP contribution in [0.3, 0.4) is 0 Å². The van der Waals surface area contributed by atoms with Crippen molar-refractivity contribution in [3.05, 3.63) is 29.8 Å². The third-order valence-corrected chi connectivity index (χ3v) is 3.69. The Balaban J connectivity index is 2.65. The summed E-state index contributed by atoms with van der Waals surface area (Å²) in [7, 11) is -3.47. The number of anilines is 1. The van der Waals surface area contributed by atoms with Gasteiger partial charge < -0.3 is 5.32 Å². The van der Waals surface area contributed by atoms with Gasteiger partial charge in [-0.2, -0.15) is 0 Å². The van der Waals surface area contributed by atoms with Crippen LogP contribution < -0.4 is 10.5 Å². The van der Waals surface area contributed by atoms with Crippen molar-refractivity contribution in [2.75, 3.05) is 11.1 Å². The van der Waals surface area contributed by atoms with Gasteiger partial charge in [0.05, 0.1) is 5.75 Å². The fourth-order valence-corrected chi connectivity index (χ4v) is 2.78. The summed E-state index contributed by atoms with van der Waals surface area (Å²) in [5, 5.41) is 8.00. The van der Waals surface area contributed by atoms with Crippen LogP contribution in [0.15, 0.2) is 24.3 Å². The molecule has 7 heteroatoms. The summed E-state index contributed by atoms with van der Waals surface area (Å²) in [6.45, 7) is 2.02. The average Bonchev–Trinajstić information content (AvgIpc) is 2.19. The first-order chi connectivity index (χ1) is 7.90. The summed E-state index contributed by atoms with van der Waals surface area (Å²) < 4.78 is 22.5. The van der Waals surface area contributed by atoms with E-state index in [9.17, 15) is 8.42 Å². The summed E-state index contributed by atoms with van der Waals surface area (Å²) in [6, 6.07) is 6.99. The van der Waals surface area contributed by atoms with E-state index in [1.807, 2.05) is 6.92 Å². The van der Waals surface area contributed by atoms with Gasteiger partial charge in [0.1, 0.15) is 4.32 Å². The Bertz CT molecular complexity index is 483. The molecule has 0 saturated carbocycles. The lowest BCUT2D eigenvalue weighted by molar-refractivity contribution is 0.597. The van der Waals surface area contributed by atoms with Crippen molar-refractivity contribution >= 4 is 44.0 Å². The minimum absolute atomic E-state index is 0.151. The minimum atomic E-state index is -3.47. The number of primary sulfonamides is 1. The number of nitrogens with one attached hydrogen (secondary N) is 1. The summed E-state index contributed by atoms with van der Waals surface area (Å²) in [5.41, 5.74) is 1.50. The van der Waals surface area contributed by atoms with Gasteiger partial charge in [0.25, 0.3) is 0 Å². The van der Waals surface area contributed by atoms with Crippen LogP contribution in [0.2, 0.25) is 0 Å². The van der Waals surface area contributed by atoms with E-state index in [0.717, 1.165) is 11.4 Å². The highest BCUT2D eigenvalue weighted by Crippen LogP contribution is 2.14. The number of rotatable bonds is 4. The number of thioether (sulfide) groups is 1. The monoisotopic (exact) mass is 290 g/mol. The standard InChI is InChI=1S/C10H14N2O2S3/c1-2-16-10(15)12-9-5-3-8(4-6-9)7-17(11,13)14/h3-6H,2,7H2,1H3,(H,12,15)(H2,11,13,14). The van der Waals surface area contributed by atoms with Gasteiger partial charge in [0.15, 0.2) is 0 Å². The predicted molar refractivity (Wildman–Crippen MR) is 77.6 cm³/mol. The molecular weight excluding hydrogens is 276 g/mol. The smallest absolute Gasteiger partial charge is 0.213 e. The SMILES string of the molecule is CCSC(=S)Nc1ccc(CS(N)(=O)=O)cc1. The zero-order chi connectivity index (χ0) is 12.9. The van der Waals surface area contributed by atoms with Crippen LogP contribution in [0.5, 0.6) is 0 Å². The van der Waals surface area contributed by atoms with Gasteiger partial charge in [-0.25, -0.2) is 13.6 Å². The summed E-state index contributed by atoms with van der Waals surface area (Å²) in [5.74, 6) is 0.761. The molecule has 0 radical (unpaired) electrons. The average molecular weight is 290 g/mol. The van der Waals surface area contributed by atoms with Crippen molar-refractivity contribution in [3.63, 3.8) is 0 Å². The largest absolute Gasteiger partial charge is 0.341 e. The zero-order valence-corrected chi connectivity index (χ0v) is 11.8. The highest BCUT2D eigenvalue weighted by atomic mass is 32.2. The van der Waals surface area contributed by atoms with E-state index in [0.29, 0.717) is 9.88 Å². The molecule has 1 rings (SSSR count). The molecule has 0 heterocycles. The molecular formula is C10H14N2O2S3. The molecule has 0 unspecified atom stereocenters. The van der Waals surface area contributed by atoms with E-state index in [-0.39, 0.29) is 5.75 Å². The molecule has 0 atom stereocenters. The normalized spacial score (nSPS) is 11.2. The first kappa shape index (κ1) is 14.4. The third kappa shape index (κ3) is 6.02. The van der Waals surface area contributed by atoms with Crippen LogP contribution in [-0.2, 0) is 15.8 Å². The summed E-state index contributed by atoms with van der Waals surface area (Å²) >= 11 is 6.64. The Hall–Kier alpha value is -0.630. The van der Waals surface area contributed by atoms with Crippen molar-refractivity contribution in [1.82, 2.24) is 0 Å². The van der Waals surface area contributed by atoms with Crippen molar-refractivity contribution < 1.29 is 8.42 Å². The minimum Gasteiger partial charge on any atom is -0.341 e. The number of hydrogen-bond acceptors (Lipinski definition) is 4. The Morgan fingerprint density at radius 3 is 2.47 bits per heavy atom. The van der Waals surface area contributed by atoms with Gasteiger partial charge >= 0.3 is 0 Å². The fourth-order valence-electron chi connectivity index (χ4n) is 1.20. The Morgan fingerprint density at radius 2 is 2.00 bits per heavy atom. The van der Waals surface area contributed by atoms with E-state index in [2.05, 4.69) is 5.32 Å². The Kier molecular flexibility index (Phi) is 5.38. The number of thiocarbonyl (C=S) groups is 1. The highest BCUT2D eigenvalue weighted by Gasteiger charge is 2.04. The Labute approximate surface area is 111 Å². The van der Waals surface area contributed by atoms with Crippen molar-refractivity contribution in [3.8, 4) is 0 Å². The van der Waals surface area contributed by atoms with Gasteiger partial charge in [-0.15, -0.1) is 0 Å². The van der Waals surface area contributed by atoms with Crippen LogP contribution in [0.1, 0.15) is 12.5 Å². The molecule has 3 N–H and O–H groups in total. The first-order valence-corrected chi connectivity index (χ1v) is 8.05. The van der Waals surface area contributed by atoms with Gasteiger partial charge in [0.2, 0.25) is 10.0 Å². The van der Waals surface area contributed by atoms with E-state index in [1.54, 1.807) is 36.0 Å². The van der Waals surface area contributed by atoms with Crippen LogP contribution in [-0.4, -0.2) is 18.5 Å². The van der Waals surface area contributed by atoms with Gasteiger partial charge in [0, 0.05) is 5.69 Å². The maximum Gasteiger partial charge on any atom is 0.213 e. The van der Waals surface area contributed by atoms with Gasteiger partial charge in [-0.1, -0.05) is 43.0 Å². The molecule has 0 aliphatic rings. The second-order valence-electron chi connectivity index (χ2n) is 3.35. The van der Waals surface area contributed by atoms with Crippen molar-refractivity contribution in [2.45, 2.75) is 12.7 Å². The van der Waals surface area contributed by atoms with Crippen LogP contribution in [0.4, 0.5) is 5.69 Å². The van der Waals surface area contributed by atoms with E-state index in [1.165, 1.54) is 0 Å². The zero-order valence-electron chi connectivity index (χ0n) is 9.34. The molecule has 0 bridgehead atoms. The second kappa shape index (κ2) is 6.34. The van der Waals surface area contributed by atoms with Crippen LogP contribution in [0.25, 0.3) is 0 Å². The lowest BCUT2D eigenvalue weighted by Gasteiger charge is -2.07. The third-order valence-electron chi connectivity index (χ3n) is 1.84. The second-order valence-corrected chi connectivity index (χ2v) is 6.90. The molecule has 94 valence electrons. The molecule has 1 aromatic rings. The van der Waals surface area contributed by atoms with E-state index < -0.39 is 10.0 Å². The molecule has 1 aromatic carbocycles.